The monoisotopic (exact) mass is 423 g/mol. The molecule has 8 nitrogen and oxygen atoms in total. The van der Waals surface area contributed by atoms with Crippen LogP contribution in [-0.2, 0) is 21.5 Å². The summed E-state index contributed by atoms with van der Waals surface area (Å²) in [4.78, 5) is 39.0. The van der Waals surface area contributed by atoms with E-state index in [0.29, 0.717) is 17.1 Å². The third kappa shape index (κ3) is 4.19. The Balaban J connectivity index is 1.37. The molecular formula is C23H25N3O5. The molecule has 0 unspecified atom stereocenters. The smallest absolute Gasteiger partial charge is 0.325 e. The normalized spacial score (nSPS) is 20.5. The Morgan fingerprint density at radius 3 is 2.68 bits per heavy atom. The summed E-state index contributed by atoms with van der Waals surface area (Å²) in [5.74, 6) is 0.247. The molecule has 2 aromatic rings. The highest BCUT2D eigenvalue weighted by molar-refractivity contribution is 6.09. The molecule has 1 saturated heterocycles. The van der Waals surface area contributed by atoms with Gasteiger partial charge in [-0.15, -0.1) is 0 Å². The van der Waals surface area contributed by atoms with Crippen molar-refractivity contribution in [2.75, 3.05) is 13.3 Å². The number of aryl methyl sites for hydroxylation is 1. The Morgan fingerprint density at radius 1 is 1.16 bits per heavy atom. The predicted molar refractivity (Wildman–Crippen MR) is 113 cm³/mol. The number of fused-ring (bicyclic) bond motifs is 1. The zero-order valence-electron chi connectivity index (χ0n) is 17.5. The SMILES string of the molecule is C[C@@H](CCc1ccccc1)NC(=O)CN1C(=O)N[C@](C)(c2ccc3c(c2)OCO3)C1=O. The first kappa shape index (κ1) is 20.7. The molecule has 2 aliphatic rings. The van der Waals surface area contributed by atoms with Crippen LogP contribution in [0.4, 0.5) is 4.79 Å². The molecule has 0 aromatic heterocycles. The minimum absolute atomic E-state index is 0.0892. The fraction of sp³-hybridized carbons (Fsp3) is 0.348. The summed E-state index contributed by atoms with van der Waals surface area (Å²) in [5, 5.41) is 5.57. The lowest BCUT2D eigenvalue weighted by molar-refractivity contribution is -0.135. The fourth-order valence-corrected chi connectivity index (χ4v) is 3.81. The van der Waals surface area contributed by atoms with Gasteiger partial charge in [-0.25, -0.2) is 4.79 Å². The van der Waals surface area contributed by atoms with Crippen LogP contribution >= 0.6 is 0 Å². The molecule has 1 fully saturated rings. The predicted octanol–water partition coefficient (Wildman–Crippen LogP) is 2.32. The largest absolute Gasteiger partial charge is 0.454 e. The molecule has 2 aromatic carbocycles. The van der Waals surface area contributed by atoms with Gasteiger partial charge in [-0.2, -0.15) is 0 Å². The number of urea groups is 1. The number of benzene rings is 2. The molecule has 2 heterocycles. The molecule has 0 aliphatic carbocycles. The van der Waals surface area contributed by atoms with E-state index < -0.39 is 17.5 Å². The molecule has 2 N–H and O–H groups in total. The highest BCUT2D eigenvalue weighted by atomic mass is 16.7. The molecule has 31 heavy (non-hydrogen) atoms. The maximum Gasteiger partial charge on any atom is 0.325 e. The van der Waals surface area contributed by atoms with Crippen molar-refractivity contribution in [3.05, 3.63) is 59.7 Å². The zero-order chi connectivity index (χ0) is 22.0. The summed E-state index contributed by atoms with van der Waals surface area (Å²) in [6.45, 7) is 3.31. The topological polar surface area (TPSA) is 97.0 Å². The van der Waals surface area contributed by atoms with Crippen LogP contribution in [0.5, 0.6) is 11.5 Å². The van der Waals surface area contributed by atoms with Gasteiger partial charge in [0, 0.05) is 6.04 Å². The van der Waals surface area contributed by atoms with Crippen molar-refractivity contribution in [1.82, 2.24) is 15.5 Å². The van der Waals surface area contributed by atoms with Crippen LogP contribution in [0, 0.1) is 0 Å². The average molecular weight is 423 g/mol. The van der Waals surface area contributed by atoms with E-state index in [2.05, 4.69) is 10.6 Å². The van der Waals surface area contributed by atoms with Crippen LogP contribution < -0.4 is 20.1 Å². The van der Waals surface area contributed by atoms with Crippen molar-refractivity contribution in [3.63, 3.8) is 0 Å². The number of ether oxygens (including phenoxy) is 2. The number of hydrogen-bond donors (Lipinski definition) is 2. The molecule has 0 bridgehead atoms. The summed E-state index contributed by atoms with van der Waals surface area (Å²) in [5.41, 5.74) is 0.475. The van der Waals surface area contributed by atoms with Crippen LogP contribution in [0.25, 0.3) is 0 Å². The first-order valence-electron chi connectivity index (χ1n) is 10.2. The maximum absolute atomic E-state index is 13.1. The number of carbonyl (C=O) groups is 3. The number of nitrogens with one attached hydrogen (secondary N) is 2. The van der Waals surface area contributed by atoms with Crippen LogP contribution in [0.3, 0.4) is 0 Å². The van der Waals surface area contributed by atoms with Gasteiger partial charge in [0.25, 0.3) is 5.91 Å². The molecule has 4 amide bonds. The Bertz CT molecular complexity index is 1010. The first-order chi connectivity index (χ1) is 14.9. The third-order valence-corrected chi connectivity index (χ3v) is 5.64. The summed E-state index contributed by atoms with van der Waals surface area (Å²) in [7, 11) is 0. The third-order valence-electron chi connectivity index (χ3n) is 5.64. The van der Waals surface area contributed by atoms with Gasteiger partial charge < -0.3 is 20.1 Å². The lowest BCUT2D eigenvalue weighted by Gasteiger charge is -2.22. The van der Waals surface area contributed by atoms with E-state index in [9.17, 15) is 14.4 Å². The minimum Gasteiger partial charge on any atom is -0.454 e. The fourth-order valence-electron chi connectivity index (χ4n) is 3.81. The summed E-state index contributed by atoms with van der Waals surface area (Å²) < 4.78 is 10.7. The second kappa shape index (κ2) is 8.29. The molecule has 8 heteroatoms. The zero-order valence-corrected chi connectivity index (χ0v) is 17.5. The van der Waals surface area contributed by atoms with Crippen molar-refractivity contribution < 1.29 is 23.9 Å². The molecule has 162 valence electrons. The first-order valence-corrected chi connectivity index (χ1v) is 10.2. The molecular weight excluding hydrogens is 398 g/mol. The number of nitrogens with zero attached hydrogens (tertiary/aromatic N) is 1. The Kier molecular flexibility index (Phi) is 5.54. The van der Waals surface area contributed by atoms with Crippen molar-refractivity contribution in [2.45, 2.75) is 38.3 Å². The maximum atomic E-state index is 13.1. The quantitative estimate of drug-likeness (QED) is 0.667. The summed E-state index contributed by atoms with van der Waals surface area (Å²) in [6.07, 6.45) is 1.58. The van der Waals surface area contributed by atoms with Crippen molar-refractivity contribution in [3.8, 4) is 11.5 Å². The van der Waals surface area contributed by atoms with E-state index in [4.69, 9.17) is 9.47 Å². The number of amides is 4. The Labute approximate surface area is 180 Å². The minimum atomic E-state index is -1.28. The van der Waals surface area contributed by atoms with Crippen LogP contribution in [0.15, 0.2) is 48.5 Å². The van der Waals surface area contributed by atoms with Crippen molar-refractivity contribution in [2.24, 2.45) is 0 Å². The van der Waals surface area contributed by atoms with E-state index in [0.717, 1.165) is 17.7 Å². The molecule has 0 saturated carbocycles. The molecule has 0 spiro atoms. The molecule has 2 aliphatic heterocycles. The highest BCUT2D eigenvalue weighted by Crippen LogP contribution is 2.37. The van der Waals surface area contributed by atoms with Gasteiger partial charge in [0.15, 0.2) is 11.5 Å². The lowest BCUT2D eigenvalue weighted by atomic mass is 9.91. The molecule has 4 rings (SSSR count). The van der Waals surface area contributed by atoms with Crippen LogP contribution in [0.1, 0.15) is 31.4 Å². The Hall–Kier alpha value is -3.55. The van der Waals surface area contributed by atoms with E-state index in [1.807, 2.05) is 37.3 Å². The van der Waals surface area contributed by atoms with Gasteiger partial charge in [-0.3, -0.25) is 14.5 Å². The van der Waals surface area contributed by atoms with E-state index in [1.165, 1.54) is 5.56 Å². The van der Waals surface area contributed by atoms with Crippen LogP contribution in [-0.4, -0.2) is 42.1 Å². The average Bonchev–Trinajstić information content (AvgIpc) is 3.31. The number of hydrogen-bond acceptors (Lipinski definition) is 5. The van der Waals surface area contributed by atoms with Gasteiger partial charge in [0.1, 0.15) is 12.1 Å². The van der Waals surface area contributed by atoms with E-state index in [1.54, 1.807) is 25.1 Å². The van der Waals surface area contributed by atoms with Crippen LogP contribution in [0.2, 0.25) is 0 Å². The Morgan fingerprint density at radius 2 is 1.90 bits per heavy atom. The van der Waals surface area contributed by atoms with Gasteiger partial charge in [0.05, 0.1) is 0 Å². The number of rotatable bonds is 7. The molecule has 0 radical (unpaired) electrons. The lowest BCUT2D eigenvalue weighted by Crippen LogP contribution is -2.45. The van der Waals surface area contributed by atoms with Gasteiger partial charge in [-0.05, 0) is 49.9 Å². The van der Waals surface area contributed by atoms with E-state index in [-0.39, 0.29) is 25.3 Å². The number of carbonyl (C=O) groups excluding carboxylic acids is 3. The molecule has 2 atom stereocenters. The summed E-state index contributed by atoms with van der Waals surface area (Å²) >= 11 is 0. The van der Waals surface area contributed by atoms with Gasteiger partial charge in [-0.1, -0.05) is 36.4 Å². The van der Waals surface area contributed by atoms with Crippen molar-refractivity contribution >= 4 is 17.8 Å². The standard InChI is InChI=1S/C23H25N3O5/c1-15(8-9-16-6-4-3-5-7-16)24-20(27)13-26-21(28)23(2,25-22(26)29)17-10-11-18-19(12-17)31-14-30-18/h3-7,10-12,15H,8-9,13-14H2,1-2H3,(H,24,27)(H,25,29)/t15-,23+/m0/s1. The van der Waals surface area contributed by atoms with Crippen molar-refractivity contribution in [1.29, 1.82) is 0 Å². The second-order valence-corrected chi connectivity index (χ2v) is 8.01. The highest BCUT2D eigenvalue weighted by Gasteiger charge is 2.49. The van der Waals surface area contributed by atoms with Gasteiger partial charge >= 0.3 is 6.03 Å². The number of imide groups is 1. The van der Waals surface area contributed by atoms with E-state index >= 15 is 0 Å². The second-order valence-electron chi connectivity index (χ2n) is 8.01. The summed E-state index contributed by atoms with van der Waals surface area (Å²) in [6, 6.07) is 14.4. The van der Waals surface area contributed by atoms with Gasteiger partial charge in [0.2, 0.25) is 12.7 Å².